The third-order valence-electron chi connectivity index (χ3n) is 2.31. The molecule has 2 N–H and O–H groups in total. The number of benzene rings is 2. The van der Waals surface area contributed by atoms with Crippen molar-refractivity contribution in [1.82, 2.24) is 0 Å². The van der Waals surface area contributed by atoms with Crippen LogP contribution in [0.15, 0.2) is 30.3 Å². The van der Waals surface area contributed by atoms with Gasteiger partial charge in [-0.25, -0.2) is 0 Å². The molecule has 0 saturated carbocycles. The van der Waals surface area contributed by atoms with Crippen molar-refractivity contribution in [2.45, 2.75) is 0 Å². The van der Waals surface area contributed by atoms with Crippen molar-refractivity contribution in [3.05, 3.63) is 50.4 Å². The molecule has 0 unspecified atom stereocenters. The van der Waals surface area contributed by atoms with Crippen LogP contribution < -0.4 is 5.73 Å². The van der Waals surface area contributed by atoms with E-state index in [0.717, 1.165) is 5.56 Å². The minimum atomic E-state index is 0.296. The summed E-state index contributed by atoms with van der Waals surface area (Å²) in [6.45, 7) is 0. The largest absolute Gasteiger partial charge is 0.399 e. The zero-order valence-electron chi connectivity index (χ0n) is 8.48. The summed E-state index contributed by atoms with van der Waals surface area (Å²) in [7, 11) is 0. The molecule has 0 radical (unpaired) electrons. The first-order valence-corrected chi connectivity index (χ1v) is 6.21. The van der Waals surface area contributed by atoms with Crippen LogP contribution in [-0.2, 0) is 0 Å². The van der Waals surface area contributed by atoms with Gasteiger partial charge in [0.2, 0.25) is 0 Å². The highest BCUT2D eigenvalue weighted by molar-refractivity contribution is 6.51. The fraction of sp³-hybridized carbons (Fsp3) is 0. The van der Waals surface area contributed by atoms with Crippen molar-refractivity contribution in [1.29, 1.82) is 0 Å². The lowest BCUT2D eigenvalue weighted by Crippen LogP contribution is -1.87. The van der Waals surface area contributed by atoms with Gasteiger partial charge in [0.1, 0.15) is 0 Å². The van der Waals surface area contributed by atoms with E-state index in [2.05, 4.69) is 0 Å². The van der Waals surface area contributed by atoms with E-state index in [4.69, 9.17) is 52.1 Å². The number of halogens is 4. The van der Waals surface area contributed by atoms with Crippen molar-refractivity contribution < 1.29 is 0 Å². The molecule has 0 heterocycles. The summed E-state index contributed by atoms with van der Waals surface area (Å²) in [5, 5.41) is 1.42. The van der Waals surface area contributed by atoms with Crippen molar-refractivity contribution in [2.75, 3.05) is 5.73 Å². The summed E-state index contributed by atoms with van der Waals surface area (Å²) in [5.74, 6) is 0. The van der Waals surface area contributed by atoms with Crippen LogP contribution in [0.5, 0.6) is 0 Å². The fourth-order valence-corrected chi connectivity index (χ4v) is 2.61. The minimum absolute atomic E-state index is 0.296. The van der Waals surface area contributed by atoms with E-state index in [1.165, 1.54) is 0 Å². The van der Waals surface area contributed by atoms with Crippen LogP contribution in [-0.4, -0.2) is 0 Å². The number of rotatable bonds is 1. The van der Waals surface area contributed by atoms with E-state index in [1.54, 1.807) is 18.2 Å². The number of hydrogen-bond acceptors (Lipinski definition) is 1. The summed E-state index contributed by atoms with van der Waals surface area (Å²) in [5.41, 5.74) is 7.79. The average Bonchev–Trinajstić information content (AvgIpc) is 2.29. The summed E-state index contributed by atoms with van der Waals surface area (Å²) >= 11 is 24.1. The molecule has 0 aliphatic heterocycles. The van der Waals surface area contributed by atoms with Gasteiger partial charge in [0.05, 0.1) is 20.1 Å². The lowest BCUT2D eigenvalue weighted by molar-refractivity contribution is 1.61. The molecular weight excluding hydrogens is 300 g/mol. The Kier molecular flexibility index (Phi) is 3.74. The predicted octanol–water partition coefficient (Wildman–Crippen LogP) is 5.55. The molecule has 5 heteroatoms. The van der Waals surface area contributed by atoms with Gasteiger partial charge in [0.15, 0.2) is 0 Å². The molecule has 0 bridgehead atoms. The normalized spacial score (nSPS) is 10.6. The highest BCUT2D eigenvalue weighted by atomic mass is 35.5. The van der Waals surface area contributed by atoms with Crippen LogP contribution in [0.1, 0.15) is 0 Å². The predicted molar refractivity (Wildman–Crippen MR) is 76.3 cm³/mol. The van der Waals surface area contributed by atoms with Crippen LogP contribution in [0.3, 0.4) is 0 Å². The molecule has 1 nitrogen and oxygen atoms in total. The first-order valence-electron chi connectivity index (χ1n) is 4.69. The van der Waals surface area contributed by atoms with Crippen LogP contribution in [0, 0.1) is 0 Å². The van der Waals surface area contributed by atoms with E-state index in [1.807, 2.05) is 12.1 Å². The third-order valence-corrected chi connectivity index (χ3v) is 3.87. The Morgan fingerprint density at radius 3 is 1.94 bits per heavy atom. The quantitative estimate of drug-likeness (QED) is 0.417. The summed E-state index contributed by atoms with van der Waals surface area (Å²) in [6, 6.07) is 8.76. The van der Waals surface area contributed by atoms with Gasteiger partial charge in [0, 0.05) is 11.3 Å². The van der Waals surface area contributed by atoms with E-state index in [-0.39, 0.29) is 0 Å². The summed E-state index contributed by atoms with van der Waals surface area (Å²) < 4.78 is 0. The third kappa shape index (κ3) is 2.48. The van der Waals surface area contributed by atoms with E-state index < -0.39 is 0 Å². The zero-order valence-corrected chi connectivity index (χ0v) is 11.5. The number of anilines is 1. The maximum absolute atomic E-state index is 6.15. The number of hydrogen-bond donors (Lipinski definition) is 1. The summed E-state index contributed by atoms with van der Waals surface area (Å²) in [4.78, 5) is 0. The second-order valence-corrected chi connectivity index (χ2v) is 5.04. The Morgan fingerprint density at radius 1 is 0.765 bits per heavy atom. The van der Waals surface area contributed by atoms with Crippen LogP contribution in [0.4, 0.5) is 5.69 Å². The van der Waals surface area contributed by atoms with Gasteiger partial charge in [-0.15, -0.1) is 0 Å². The monoisotopic (exact) mass is 305 g/mol. The molecule has 0 spiro atoms. The van der Waals surface area contributed by atoms with Gasteiger partial charge in [-0.2, -0.15) is 0 Å². The molecule has 2 rings (SSSR count). The van der Waals surface area contributed by atoms with E-state index >= 15 is 0 Å². The highest BCUT2D eigenvalue weighted by Crippen LogP contribution is 2.42. The van der Waals surface area contributed by atoms with Crippen molar-refractivity contribution in [3.8, 4) is 11.1 Å². The number of nitrogens with two attached hydrogens (primary N) is 1. The molecule has 88 valence electrons. The molecule has 0 amide bonds. The number of nitrogen functional groups attached to an aromatic ring is 1. The molecule has 0 aliphatic carbocycles. The topological polar surface area (TPSA) is 26.0 Å². The van der Waals surface area contributed by atoms with Gasteiger partial charge >= 0.3 is 0 Å². The maximum Gasteiger partial charge on any atom is 0.0785 e. The van der Waals surface area contributed by atoms with Gasteiger partial charge in [-0.3, -0.25) is 0 Å². The van der Waals surface area contributed by atoms with Gasteiger partial charge in [-0.1, -0.05) is 58.5 Å². The average molecular weight is 307 g/mol. The fourth-order valence-electron chi connectivity index (χ4n) is 1.48. The Bertz CT molecular complexity index is 564. The first-order chi connectivity index (χ1) is 8.00. The van der Waals surface area contributed by atoms with Gasteiger partial charge in [0.25, 0.3) is 0 Å². The van der Waals surface area contributed by atoms with Crippen LogP contribution in [0.25, 0.3) is 11.1 Å². The lowest BCUT2D eigenvalue weighted by Gasteiger charge is -2.10. The van der Waals surface area contributed by atoms with Crippen LogP contribution in [0.2, 0.25) is 20.1 Å². The maximum atomic E-state index is 6.15. The zero-order chi connectivity index (χ0) is 12.6. The molecule has 0 atom stereocenters. The Labute approximate surface area is 119 Å². The lowest BCUT2D eigenvalue weighted by atomic mass is 10.1. The second kappa shape index (κ2) is 4.95. The van der Waals surface area contributed by atoms with E-state index in [0.29, 0.717) is 31.3 Å². The smallest absolute Gasteiger partial charge is 0.0785 e. The SMILES string of the molecule is Nc1ccc(-c2c(Cl)cc(Cl)c(Cl)c2Cl)cc1. The summed E-state index contributed by atoms with van der Waals surface area (Å²) in [6.07, 6.45) is 0. The Morgan fingerprint density at radius 2 is 1.35 bits per heavy atom. The Hall–Kier alpha value is -0.600. The van der Waals surface area contributed by atoms with Gasteiger partial charge in [-0.05, 0) is 23.8 Å². The van der Waals surface area contributed by atoms with Crippen molar-refractivity contribution in [2.24, 2.45) is 0 Å². The standard InChI is InChI=1S/C12H7Cl4N/c13-8-5-9(14)11(15)12(16)10(8)6-1-3-7(17)4-2-6/h1-5H,17H2. The minimum Gasteiger partial charge on any atom is -0.399 e. The van der Waals surface area contributed by atoms with E-state index in [9.17, 15) is 0 Å². The highest BCUT2D eigenvalue weighted by Gasteiger charge is 2.15. The van der Waals surface area contributed by atoms with Crippen LogP contribution >= 0.6 is 46.4 Å². The van der Waals surface area contributed by atoms with Gasteiger partial charge < -0.3 is 5.73 Å². The first kappa shape index (κ1) is 12.8. The molecule has 0 aliphatic rings. The molecule has 17 heavy (non-hydrogen) atoms. The second-order valence-electron chi connectivity index (χ2n) is 3.47. The van der Waals surface area contributed by atoms with Crippen molar-refractivity contribution >= 4 is 52.1 Å². The molecule has 0 aromatic heterocycles. The molecule has 0 fully saturated rings. The molecule has 2 aromatic rings. The van der Waals surface area contributed by atoms with Crippen molar-refractivity contribution in [3.63, 3.8) is 0 Å². The Balaban J connectivity index is 2.67. The molecular formula is C12H7Cl4N. The molecule has 2 aromatic carbocycles. The molecule has 0 saturated heterocycles.